The first-order valence-electron chi connectivity index (χ1n) is 6.19. The average molecular weight is 250 g/mol. The highest BCUT2D eigenvalue weighted by Gasteiger charge is 2.15. The van der Waals surface area contributed by atoms with E-state index in [1.807, 2.05) is 13.8 Å². The molecule has 1 aromatic heterocycles. The zero-order chi connectivity index (χ0) is 12.7. The normalized spacial score (nSPS) is 11.4. The number of nitrogens with one attached hydrogen (secondary N) is 1. The van der Waals surface area contributed by atoms with Gasteiger partial charge in [0.25, 0.3) is 0 Å². The van der Waals surface area contributed by atoms with Gasteiger partial charge in [0.2, 0.25) is 0 Å². The summed E-state index contributed by atoms with van der Waals surface area (Å²) in [7, 11) is 0. The van der Waals surface area contributed by atoms with Crippen LogP contribution in [0.15, 0.2) is 10.8 Å². The molecule has 0 aromatic carbocycles. The number of nitriles is 1. The van der Waals surface area contributed by atoms with E-state index in [1.54, 1.807) is 11.3 Å². The molecule has 0 aliphatic rings. The maximum absolute atomic E-state index is 8.89. The second-order valence-electron chi connectivity index (χ2n) is 5.21. The van der Waals surface area contributed by atoms with Crippen LogP contribution in [-0.4, -0.2) is 6.54 Å². The summed E-state index contributed by atoms with van der Waals surface area (Å²) in [6, 6.07) is 2.34. The van der Waals surface area contributed by atoms with Gasteiger partial charge in [-0.1, -0.05) is 6.42 Å². The summed E-state index contributed by atoms with van der Waals surface area (Å²) in [5, 5.41) is 16.7. The molecule has 0 aliphatic heterocycles. The molecule has 0 saturated heterocycles. The van der Waals surface area contributed by atoms with Crippen molar-refractivity contribution in [2.75, 3.05) is 6.54 Å². The zero-order valence-corrected chi connectivity index (χ0v) is 11.9. The standard InChI is InChI=1S/C14H22N2S/c1-12-9-17-10-13(12)8-16-7-5-4-6-14(2,3)11-15/h9-10,16H,4-8H2,1-3H3. The van der Waals surface area contributed by atoms with Crippen LogP contribution in [0.25, 0.3) is 0 Å². The van der Waals surface area contributed by atoms with Gasteiger partial charge in [-0.25, -0.2) is 0 Å². The van der Waals surface area contributed by atoms with Gasteiger partial charge in [0.15, 0.2) is 0 Å². The second-order valence-corrected chi connectivity index (χ2v) is 5.95. The summed E-state index contributed by atoms with van der Waals surface area (Å²) < 4.78 is 0. The molecule has 0 aliphatic carbocycles. The summed E-state index contributed by atoms with van der Waals surface area (Å²) in [5.74, 6) is 0. The Morgan fingerprint density at radius 1 is 1.35 bits per heavy atom. The summed E-state index contributed by atoms with van der Waals surface area (Å²) in [6.07, 6.45) is 3.26. The third-order valence-corrected chi connectivity index (χ3v) is 3.90. The number of unbranched alkanes of at least 4 members (excludes halogenated alkanes) is 1. The van der Waals surface area contributed by atoms with Crippen LogP contribution in [0, 0.1) is 23.7 Å². The molecule has 2 nitrogen and oxygen atoms in total. The fraction of sp³-hybridized carbons (Fsp3) is 0.643. The number of thiophene rings is 1. The van der Waals surface area contributed by atoms with Gasteiger partial charge in [-0.3, -0.25) is 0 Å². The van der Waals surface area contributed by atoms with Gasteiger partial charge < -0.3 is 5.32 Å². The molecular formula is C14H22N2S. The molecule has 0 atom stereocenters. The smallest absolute Gasteiger partial charge is 0.0683 e. The molecule has 1 aromatic rings. The lowest BCUT2D eigenvalue weighted by atomic mass is 9.89. The fourth-order valence-corrected chi connectivity index (χ4v) is 2.52. The second kappa shape index (κ2) is 6.78. The van der Waals surface area contributed by atoms with Crippen LogP contribution in [0.2, 0.25) is 0 Å². The minimum absolute atomic E-state index is 0.163. The average Bonchev–Trinajstić information content (AvgIpc) is 2.69. The SMILES string of the molecule is Cc1cscc1CNCCCCC(C)(C)C#N. The molecule has 94 valence electrons. The molecule has 0 bridgehead atoms. The van der Waals surface area contributed by atoms with E-state index in [0.29, 0.717) is 0 Å². The van der Waals surface area contributed by atoms with Gasteiger partial charge in [0.1, 0.15) is 0 Å². The minimum atomic E-state index is -0.163. The van der Waals surface area contributed by atoms with Crippen molar-refractivity contribution in [1.82, 2.24) is 5.32 Å². The first kappa shape index (κ1) is 14.2. The third-order valence-electron chi connectivity index (χ3n) is 2.99. The van der Waals surface area contributed by atoms with Crippen molar-refractivity contribution < 1.29 is 0 Å². The van der Waals surface area contributed by atoms with Gasteiger partial charge in [0.05, 0.1) is 11.5 Å². The molecule has 0 saturated carbocycles. The lowest BCUT2D eigenvalue weighted by molar-refractivity contribution is 0.422. The van der Waals surface area contributed by atoms with Crippen LogP contribution in [0.3, 0.4) is 0 Å². The topological polar surface area (TPSA) is 35.8 Å². The van der Waals surface area contributed by atoms with Gasteiger partial charge >= 0.3 is 0 Å². The van der Waals surface area contributed by atoms with Crippen molar-refractivity contribution in [3.63, 3.8) is 0 Å². The largest absolute Gasteiger partial charge is 0.313 e. The molecule has 1 heterocycles. The quantitative estimate of drug-likeness (QED) is 0.746. The Hall–Kier alpha value is -0.850. The summed E-state index contributed by atoms with van der Waals surface area (Å²) in [4.78, 5) is 0. The van der Waals surface area contributed by atoms with E-state index in [9.17, 15) is 0 Å². The number of nitrogens with zero attached hydrogens (tertiary/aromatic N) is 1. The number of aryl methyl sites for hydroxylation is 1. The molecule has 0 unspecified atom stereocenters. The minimum Gasteiger partial charge on any atom is -0.313 e. The van der Waals surface area contributed by atoms with E-state index in [4.69, 9.17) is 5.26 Å². The highest BCUT2D eigenvalue weighted by molar-refractivity contribution is 7.08. The predicted octanol–water partition coefficient (Wildman–Crippen LogP) is 3.87. The van der Waals surface area contributed by atoms with Crippen LogP contribution < -0.4 is 5.32 Å². The Balaban J connectivity index is 2.06. The van der Waals surface area contributed by atoms with Crippen LogP contribution in [0.5, 0.6) is 0 Å². The Morgan fingerprint density at radius 3 is 2.71 bits per heavy atom. The van der Waals surface area contributed by atoms with Crippen molar-refractivity contribution in [2.45, 2.75) is 46.6 Å². The van der Waals surface area contributed by atoms with Crippen molar-refractivity contribution in [3.8, 4) is 6.07 Å². The maximum atomic E-state index is 8.89. The van der Waals surface area contributed by atoms with Crippen LogP contribution in [0.1, 0.15) is 44.2 Å². The van der Waals surface area contributed by atoms with Gasteiger partial charge in [-0.05, 0) is 62.0 Å². The number of rotatable bonds is 7. The van der Waals surface area contributed by atoms with E-state index in [1.165, 1.54) is 11.1 Å². The molecule has 0 radical (unpaired) electrons. The summed E-state index contributed by atoms with van der Waals surface area (Å²) >= 11 is 1.76. The molecular weight excluding hydrogens is 228 g/mol. The zero-order valence-electron chi connectivity index (χ0n) is 11.0. The molecule has 17 heavy (non-hydrogen) atoms. The van der Waals surface area contributed by atoms with Crippen LogP contribution >= 0.6 is 11.3 Å². The van der Waals surface area contributed by atoms with E-state index < -0.39 is 0 Å². The predicted molar refractivity (Wildman–Crippen MR) is 74.0 cm³/mol. The lowest BCUT2D eigenvalue weighted by Gasteiger charge is -2.14. The number of hydrogen-bond donors (Lipinski definition) is 1. The molecule has 0 amide bonds. The number of hydrogen-bond acceptors (Lipinski definition) is 3. The summed E-state index contributed by atoms with van der Waals surface area (Å²) in [5.41, 5.74) is 2.63. The van der Waals surface area contributed by atoms with Crippen molar-refractivity contribution >= 4 is 11.3 Å². The highest BCUT2D eigenvalue weighted by atomic mass is 32.1. The third kappa shape index (κ3) is 5.34. The highest BCUT2D eigenvalue weighted by Crippen LogP contribution is 2.21. The van der Waals surface area contributed by atoms with Crippen LogP contribution in [0.4, 0.5) is 0 Å². The van der Waals surface area contributed by atoms with Gasteiger partial charge in [-0.2, -0.15) is 16.6 Å². The van der Waals surface area contributed by atoms with Gasteiger partial charge in [0, 0.05) is 6.54 Å². The van der Waals surface area contributed by atoms with Crippen molar-refractivity contribution in [1.29, 1.82) is 5.26 Å². The van der Waals surface area contributed by atoms with E-state index in [0.717, 1.165) is 32.4 Å². The molecule has 0 fully saturated rings. The van der Waals surface area contributed by atoms with E-state index in [2.05, 4.69) is 29.1 Å². The molecule has 1 rings (SSSR count). The van der Waals surface area contributed by atoms with E-state index in [-0.39, 0.29) is 5.41 Å². The first-order chi connectivity index (χ1) is 8.05. The Bertz CT molecular complexity index is 374. The molecule has 3 heteroatoms. The van der Waals surface area contributed by atoms with Crippen LogP contribution in [-0.2, 0) is 6.54 Å². The molecule has 0 spiro atoms. The maximum Gasteiger partial charge on any atom is 0.0683 e. The Labute approximate surface area is 109 Å². The summed E-state index contributed by atoms with van der Waals surface area (Å²) in [6.45, 7) is 8.18. The fourth-order valence-electron chi connectivity index (χ4n) is 1.66. The lowest BCUT2D eigenvalue weighted by Crippen LogP contribution is -2.16. The van der Waals surface area contributed by atoms with Crippen molar-refractivity contribution in [3.05, 3.63) is 21.9 Å². The Kier molecular flexibility index (Phi) is 5.67. The molecule has 1 N–H and O–H groups in total. The first-order valence-corrected chi connectivity index (χ1v) is 7.13. The Morgan fingerprint density at radius 2 is 2.12 bits per heavy atom. The van der Waals surface area contributed by atoms with Gasteiger partial charge in [-0.15, -0.1) is 0 Å². The van der Waals surface area contributed by atoms with Crippen molar-refractivity contribution in [2.24, 2.45) is 5.41 Å². The monoisotopic (exact) mass is 250 g/mol. The van der Waals surface area contributed by atoms with E-state index >= 15 is 0 Å².